The van der Waals surface area contributed by atoms with E-state index in [1.807, 2.05) is 25.3 Å². The van der Waals surface area contributed by atoms with Crippen molar-refractivity contribution in [2.75, 3.05) is 20.8 Å². The summed E-state index contributed by atoms with van der Waals surface area (Å²) < 4.78 is 31.8. The lowest BCUT2D eigenvalue weighted by Crippen LogP contribution is -2.67. The number of carbonyl (C=O) groups is 2. The van der Waals surface area contributed by atoms with Gasteiger partial charge in [-0.2, -0.15) is 4.98 Å². The quantitative estimate of drug-likeness (QED) is 0.0740. The predicted octanol–water partition coefficient (Wildman–Crippen LogP) is 9.23. The number of ether oxygens (including phenoxy) is 3. The zero-order chi connectivity index (χ0) is 45.7. The highest BCUT2D eigenvalue weighted by molar-refractivity contribution is 6.99. The first-order chi connectivity index (χ1) is 29.8. The number of hydrogen-bond donors (Lipinski definition) is 1. The minimum absolute atomic E-state index is 0.0935. The molecule has 3 aromatic heterocycles. The SMILES string of the molecule is CCn1c(-c2cccnc2C(C)OC)c(CC(C)(C)CO[Si](c2ccccc2)(c2ccccc2)C(C)(C)C)c2cc(-c3noc(CC(NC(=O)OC(C)(C)C)C(=O)OC)n3)ccc21. The van der Waals surface area contributed by atoms with Crippen molar-refractivity contribution in [1.29, 1.82) is 0 Å². The van der Waals surface area contributed by atoms with E-state index in [-0.39, 0.29) is 28.9 Å². The van der Waals surface area contributed by atoms with Crippen molar-refractivity contribution in [2.45, 2.75) is 111 Å². The Morgan fingerprint density at radius 2 is 1.52 bits per heavy atom. The van der Waals surface area contributed by atoms with Gasteiger partial charge in [-0.05, 0) is 97.8 Å². The van der Waals surface area contributed by atoms with Gasteiger partial charge in [-0.25, -0.2) is 9.59 Å². The first kappa shape index (κ1) is 46.9. The van der Waals surface area contributed by atoms with E-state index in [1.165, 1.54) is 17.5 Å². The van der Waals surface area contributed by atoms with Crippen LogP contribution in [0.4, 0.5) is 4.79 Å². The van der Waals surface area contributed by atoms with E-state index < -0.39 is 32.0 Å². The average molecular weight is 874 g/mol. The van der Waals surface area contributed by atoms with Crippen molar-refractivity contribution >= 4 is 41.7 Å². The third kappa shape index (κ3) is 10.3. The Hall–Kier alpha value is -5.63. The lowest BCUT2D eigenvalue weighted by atomic mass is 9.84. The zero-order valence-corrected chi connectivity index (χ0v) is 39.9. The van der Waals surface area contributed by atoms with Crippen molar-refractivity contribution in [1.82, 2.24) is 25.0 Å². The molecule has 0 saturated carbocycles. The maximum Gasteiger partial charge on any atom is 0.408 e. The number of carbonyl (C=O) groups excluding carboxylic acids is 2. The third-order valence-corrected chi connectivity index (χ3v) is 16.3. The van der Waals surface area contributed by atoms with E-state index in [0.29, 0.717) is 25.4 Å². The summed E-state index contributed by atoms with van der Waals surface area (Å²) in [5.74, 6) is -0.174. The number of pyridine rings is 1. The molecule has 12 nitrogen and oxygen atoms in total. The van der Waals surface area contributed by atoms with E-state index in [4.69, 9.17) is 33.1 Å². The van der Waals surface area contributed by atoms with Crippen LogP contribution in [0.5, 0.6) is 0 Å². The van der Waals surface area contributed by atoms with Crippen LogP contribution in [0, 0.1) is 5.41 Å². The van der Waals surface area contributed by atoms with Gasteiger partial charge >= 0.3 is 12.1 Å². The normalized spacial score (nSPS) is 13.5. The Morgan fingerprint density at radius 3 is 2.10 bits per heavy atom. The molecule has 0 saturated heterocycles. The van der Waals surface area contributed by atoms with Gasteiger partial charge in [-0.1, -0.05) is 100 Å². The van der Waals surface area contributed by atoms with Crippen LogP contribution < -0.4 is 15.7 Å². The van der Waals surface area contributed by atoms with Gasteiger partial charge in [0, 0.05) is 48.5 Å². The second-order valence-corrected chi connectivity index (χ2v) is 23.2. The first-order valence-electron chi connectivity index (χ1n) is 21.6. The lowest BCUT2D eigenvalue weighted by molar-refractivity contribution is -0.143. The van der Waals surface area contributed by atoms with Gasteiger partial charge in [0.05, 0.1) is 31.0 Å². The van der Waals surface area contributed by atoms with Gasteiger partial charge in [0.1, 0.15) is 11.6 Å². The molecule has 0 bridgehead atoms. The number of alkyl carbamates (subject to hydrolysis) is 1. The fourth-order valence-corrected chi connectivity index (χ4v) is 13.2. The van der Waals surface area contributed by atoms with Crippen LogP contribution in [0.2, 0.25) is 5.04 Å². The van der Waals surface area contributed by atoms with E-state index in [0.717, 1.165) is 39.0 Å². The summed E-state index contributed by atoms with van der Waals surface area (Å²) in [7, 11) is 0.110. The van der Waals surface area contributed by atoms with Crippen molar-refractivity contribution in [2.24, 2.45) is 5.41 Å². The number of hydrogen-bond acceptors (Lipinski definition) is 10. The number of amides is 1. The summed E-state index contributed by atoms with van der Waals surface area (Å²) in [6.07, 6.45) is 1.37. The van der Waals surface area contributed by atoms with Crippen molar-refractivity contribution < 1.29 is 32.7 Å². The Morgan fingerprint density at radius 1 is 0.873 bits per heavy atom. The standard InChI is InChI=1S/C50H63N5O7Si/c1-13-55-41-27-26-34(45-53-42(62-54-45)30-40(46(56)59-12)52-47(57)61-48(3,4)5)29-38(41)39(44(55)37-25-20-28-51-43(37)33(2)58-11)31-50(9,10)32-60-63(49(6,7)8,35-21-16-14-17-22-35)36-23-18-15-19-24-36/h14-29,33,40H,13,30-32H2,1-12H3,(H,52,57). The van der Waals surface area contributed by atoms with Crippen LogP contribution in [0.1, 0.15) is 92.5 Å². The number of nitrogens with one attached hydrogen (secondary N) is 1. The number of rotatable bonds is 16. The molecule has 0 spiro atoms. The predicted molar refractivity (Wildman–Crippen MR) is 249 cm³/mol. The molecule has 6 rings (SSSR count). The minimum atomic E-state index is -2.85. The highest BCUT2D eigenvalue weighted by atomic mass is 28.4. The van der Waals surface area contributed by atoms with Crippen molar-refractivity contribution in [3.05, 3.63) is 114 Å². The fraction of sp³-hybridized carbons (Fsp3) is 0.420. The topological polar surface area (TPSA) is 140 Å². The van der Waals surface area contributed by atoms with E-state index >= 15 is 0 Å². The maximum absolute atomic E-state index is 12.7. The molecule has 334 valence electrons. The summed E-state index contributed by atoms with van der Waals surface area (Å²) in [5.41, 5.74) is 4.71. The highest BCUT2D eigenvalue weighted by Gasteiger charge is 2.51. The first-order valence-corrected chi connectivity index (χ1v) is 23.5. The Kier molecular flexibility index (Phi) is 14.1. The van der Waals surface area contributed by atoms with E-state index in [9.17, 15) is 9.59 Å². The summed E-state index contributed by atoms with van der Waals surface area (Å²) in [6.45, 7) is 22.1. The number of aryl methyl sites for hydroxylation is 1. The highest BCUT2D eigenvalue weighted by Crippen LogP contribution is 2.43. The summed E-state index contributed by atoms with van der Waals surface area (Å²) in [6, 6.07) is 30.7. The van der Waals surface area contributed by atoms with Gasteiger partial charge in [0.25, 0.3) is 8.32 Å². The molecule has 13 heteroatoms. The largest absolute Gasteiger partial charge is 0.467 e. The Bertz CT molecular complexity index is 2460. The molecule has 2 unspecified atom stereocenters. The molecule has 63 heavy (non-hydrogen) atoms. The second-order valence-electron chi connectivity index (χ2n) is 18.8. The van der Waals surface area contributed by atoms with Crippen molar-refractivity contribution in [3.8, 4) is 22.6 Å². The molecule has 0 aliphatic rings. The minimum Gasteiger partial charge on any atom is -0.467 e. The molecule has 0 radical (unpaired) electrons. The molecular weight excluding hydrogens is 811 g/mol. The summed E-state index contributed by atoms with van der Waals surface area (Å²) in [5, 5.41) is 10.2. The molecule has 3 aromatic carbocycles. The average Bonchev–Trinajstić information content (AvgIpc) is 3.84. The molecule has 0 fully saturated rings. The number of methoxy groups -OCH3 is 2. The Balaban J connectivity index is 1.45. The van der Waals surface area contributed by atoms with Crippen LogP contribution in [0.3, 0.4) is 0 Å². The molecular formula is C50H63N5O7Si. The van der Waals surface area contributed by atoms with E-state index in [1.54, 1.807) is 27.9 Å². The zero-order valence-electron chi connectivity index (χ0n) is 38.9. The summed E-state index contributed by atoms with van der Waals surface area (Å²) >= 11 is 0. The number of benzene rings is 3. The monoisotopic (exact) mass is 873 g/mol. The van der Waals surface area contributed by atoms with Crippen LogP contribution in [-0.4, -0.2) is 72.5 Å². The van der Waals surface area contributed by atoms with Crippen LogP contribution >= 0.6 is 0 Å². The molecule has 6 aromatic rings. The molecule has 1 N–H and O–H groups in total. The molecule has 1 amide bonds. The van der Waals surface area contributed by atoms with Gasteiger partial charge in [0.2, 0.25) is 11.7 Å². The van der Waals surface area contributed by atoms with Crippen LogP contribution in [-0.2, 0) is 42.8 Å². The smallest absolute Gasteiger partial charge is 0.408 e. The number of nitrogens with zero attached hydrogens (tertiary/aromatic N) is 4. The van der Waals surface area contributed by atoms with Gasteiger partial charge in [0.15, 0.2) is 0 Å². The van der Waals surface area contributed by atoms with Crippen LogP contribution in [0.25, 0.3) is 33.5 Å². The molecule has 3 heterocycles. The molecule has 2 atom stereocenters. The van der Waals surface area contributed by atoms with Gasteiger partial charge in [-0.3, -0.25) is 4.98 Å². The van der Waals surface area contributed by atoms with Gasteiger partial charge in [-0.15, -0.1) is 0 Å². The fourth-order valence-electron chi connectivity index (χ4n) is 8.44. The van der Waals surface area contributed by atoms with Gasteiger partial charge < -0.3 is 33.0 Å². The third-order valence-electron chi connectivity index (χ3n) is 11.3. The molecule has 0 aliphatic carbocycles. The summed E-state index contributed by atoms with van der Waals surface area (Å²) in [4.78, 5) is 34.9. The number of aromatic nitrogens is 4. The lowest BCUT2D eigenvalue weighted by Gasteiger charge is -2.44. The number of esters is 1. The maximum atomic E-state index is 12.7. The van der Waals surface area contributed by atoms with Crippen molar-refractivity contribution in [3.63, 3.8) is 0 Å². The number of fused-ring (bicyclic) bond motifs is 1. The molecule has 0 aliphatic heterocycles. The second kappa shape index (κ2) is 19.0. The van der Waals surface area contributed by atoms with Crippen LogP contribution in [0.15, 0.2) is 102 Å². The Labute approximate surface area is 372 Å². The van der Waals surface area contributed by atoms with E-state index in [2.05, 4.69) is 135 Å².